The molecule has 1 atom stereocenters. The van der Waals surface area contributed by atoms with Gasteiger partial charge >= 0.3 is 6.18 Å². The molecule has 0 aromatic heterocycles. The number of sulfonamides is 1. The topological polar surface area (TPSA) is 57.6 Å². The third kappa shape index (κ3) is 3.83. The number of rotatable bonds is 4. The molecule has 0 spiro atoms. The van der Waals surface area contributed by atoms with Crippen LogP contribution in [0.5, 0.6) is 0 Å². The summed E-state index contributed by atoms with van der Waals surface area (Å²) in [6, 6.07) is 0. The first-order valence-electron chi connectivity index (χ1n) is 5.91. The van der Waals surface area contributed by atoms with Crippen LogP contribution in [0.2, 0.25) is 0 Å². The number of hydrogen-bond donors (Lipinski definition) is 1. The first-order chi connectivity index (χ1) is 8.18. The van der Waals surface area contributed by atoms with E-state index in [4.69, 9.17) is 5.11 Å². The second-order valence-electron chi connectivity index (χ2n) is 4.54. The Bertz CT molecular complexity index is 361. The summed E-state index contributed by atoms with van der Waals surface area (Å²) in [6.07, 6.45) is -6.41. The average Bonchev–Trinajstić information content (AvgIpc) is 2.27. The van der Waals surface area contributed by atoms with Crippen molar-refractivity contribution in [2.75, 3.05) is 18.8 Å². The van der Waals surface area contributed by atoms with Crippen molar-refractivity contribution in [1.29, 1.82) is 0 Å². The van der Waals surface area contributed by atoms with Crippen molar-refractivity contribution < 1.29 is 26.7 Å². The lowest BCUT2D eigenvalue weighted by Gasteiger charge is -2.34. The molecule has 1 N–H and O–H groups in total. The Hall–Kier alpha value is -0.340. The summed E-state index contributed by atoms with van der Waals surface area (Å²) in [5, 5.41) is 9.11. The van der Waals surface area contributed by atoms with Gasteiger partial charge in [0.1, 0.15) is 0 Å². The number of hydrogen-bond acceptors (Lipinski definition) is 3. The van der Waals surface area contributed by atoms with E-state index < -0.39 is 28.2 Å². The Kier molecular flexibility index (Phi) is 5.02. The highest BCUT2D eigenvalue weighted by molar-refractivity contribution is 7.89. The van der Waals surface area contributed by atoms with Gasteiger partial charge in [0.15, 0.2) is 6.10 Å². The Morgan fingerprint density at radius 2 is 1.83 bits per heavy atom. The standard InChI is InChI=1S/C10H18F3NO3S/c1-2-7-18(16,17)14-5-3-8(4-6-14)9(15)10(11,12)13/h8-9,15H,2-7H2,1H3/t9-/m0/s1. The molecule has 0 bridgehead atoms. The second-order valence-corrected chi connectivity index (χ2v) is 6.63. The maximum absolute atomic E-state index is 12.3. The molecule has 0 aromatic rings. The molecular formula is C10H18F3NO3S. The Labute approximate surface area is 105 Å². The zero-order chi connectivity index (χ0) is 14.0. The molecule has 1 heterocycles. The first-order valence-corrected chi connectivity index (χ1v) is 7.52. The van der Waals surface area contributed by atoms with Gasteiger partial charge in [-0.25, -0.2) is 12.7 Å². The number of aliphatic hydroxyl groups excluding tert-OH is 1. The van der Waals surface area contributed by atoms with Crippen molar-refractivity contribution >= 4 is 10.0 Å². The van der Waals surface area contributed by atoms with Gasteiger partial charge in [0.05, 0.1) is 5.75 Å². The summed E-state index contributed by atoms with van der Waals surface area (Å²) < 4.78 is 61.5. The molecule has 1 rings (SSSR count). The van der Waals surface area contributed by atoms with Gasteiger partial charge in [-0.2, -0.15) is 13.2 Å². The fraction of sp³-hybridized carbons (Fsp3) is 1.00. The molecule has 1 aliphatic heterocycles. The summed E-state index contributed by atoms with van der Waals surface area (Å²) in [7, 11) is -3.35. The Morgan fingerprint density at radius 3 is 2.22 bits per heavy atom. The van der Waals surface area contributed by atoms with E-state index in [1.54, 1.807) is 6.92 Å². The van der Waals surface area contributed by atoms with Crippen LogP contribution >= 0.6 is 0 Å². The first kappa shape index (κ1) is 15.7. The molecule has 0 unspecified atom stereocenters. The molecule has 4 nitrogen and oxygen atoms in total. The third-order valence-corrected chi connectivity index (χ3v) is 5.21. The van der Waals surface area contributed by atoms with Crippen LogP contribution in [0, 0.1) is 5.92 Å². The van der Waals surface area contributed by atoms with Gasteiger partial charge in [-0.1, -0.05) is 6.92 Å². The largest absolute Gasteiger partial charge is 0.414 e. The van der Waals surface area contributed by atoms with Crippen LogP contribution in [0.3, 0.4) is 0 Å². The Morgan fingerprint density at radius 1 is 1.33 bits per heavy atom. The maximum atomic E-state index is 12.3. The number of alkyl halides is 3. The number of nitrogens with zero attached hydrogens (tertiary/aromatic N) is 1. The van der Waals surface area contributed by atoms with Gasteiger partial charge in [0, 0.05) is 13.1 Å². The Balaban J connectivity index is 2.57. The summed E-state index contributed by atoms with van der Waals surface area (Å²) >= 11 is 0. The predicted octanol–water partition coefficient (Wildman–Crippen LogP) is 1.36. The molecule has 0 aromatic carbocycles. The van der Waals surface area contributed by atoms with Gasteiger partial charge in [-0.3, -0.25) is 0 Å². The number of aliphatic hydroxyl groups is 1. The predicted molar refractivity (Wildman–Crippen MR) is 60.4 cm³/mol. The van der Waals surface area contributed by atoms with Gasteiger partial charge in [-0.05, 0) is 25.2 Å². The minimum absolute atomic E-state index is 0.0134. The number of halogens is 3. The normalized spacial score (nSPS) is 22.1. The zero-order valence-electron chi connectivity index (χ0n) is 10.2. The summed E-state index contributed by atoms with van der Waals surface area (Å²) in [6.45, 7) is 1.85. The zero-order valence-corrected chi connectivity index (χ0v) is 11.0. The van der Waals surface area contributed by atoms with Gasteiger partial charge in [0.25, 0.3) is 0 Å². The fourth-order valence-electron chi connectivity index (χ4n) is 2.12. The molecular weight excluding hydrogens is 271 g/mol. The van der Waals surface area contributed by atoms with E-state index in [0.29, 0.717) is 6.42 Å². The van der Waals surface area contributed by atoms with E-state index in [1.807, 2.05) is 0 Å². The van der Waals surface area contributed by atoms with Crippen molar-refractivity contribution in [3.8, 4) is 0 Å². The molecule has 0 radical (unpaired) electrons. The van der Waals surface area contributed by atoms with Crippen LogP contribution in [0.1, 0.15) is 26.2 Å². The molecule has 18 heavy (non-hydrogen) atoms. The van der Waals surface area contributed by atoms with Crippen LogP contribution in [0.4, 0.5) is 13.2 Å². The quantitative estimate of drug-likeness (QED) is 0.850. The second kappa shape index (κ2) is 5.75. The van der Waals surface area contributed by atoms with Gasteiger partial charge in [0.2, 0.25) is 10.0 Å². The van der Waals surface area contributed by atoms with E-state index >= 15 is 0 Å². The molecule has 1 fully saturated rings. The minimum Gasteiger partial charge on any atom is -0.383 e. The van der Waals surface area contributed by atoms with Crippen molar-refractivity contribution in [2.24, 2.45) is 5.92 Å². The van der Waals surface area contributed by atoms with Crippen molar-refractivity contribution in [2.45, 2.75) is 38.5 Å². The molecule has 8 heteroatoms. The maximum Gasteiger partial charge on any atom is 0.414 e. The highest BCUT2D eigenvalue weighted by atomic mass is 32.2. The van der Waals surface area contributed by atoms with E-state index in [1.165, 1.54) is 4.31 Å². The van der Waals surface area contributed by atoms with Crippen LogP contribution in [-0.2, 0) is 10.0 Å². The van der Waals surface area contributed by atoms with Crippen LogP contribution in [0.15, 0.2) is 0 Å². The number of piperidine rings is 1. The van der Waals surface area contributed by atoms with E-state index in [9.17, 15) is 21.6 Å². The van der Waals surface area contributed by atoms with Crippen molar-refractivity contribution in [3.63, 3.8) is 0 Å². The lowest BCUT2D eigenvalue weighted by Crippen LogP contribution is -2.45. The summed E-state index contributed by atoms with van der Waals surface area (Å²) in [5.41, 5.74) is 0. The fourth-order valence-corrected chi connectivity index (χ4v) is 3.67. The molecule has 108 valence electrons. The SMILES string of the molecule is CCCS(=O)(=O)N1CCC([C@H](O)C(F)(F)F)CC1. The lowest BCUT2D eigenvalue weighted by molar-refractivity contribution is -0.222. The third-order valence-electron chi connectivity index (χ3n) is 3.14. The van der Waals surface area contributed by atoms with Crippen LogP contribution < -0.4 is 0 Å². The van der Waals surface area contributed by atoms with E-state index in [0.717, 1.165) is 0 Å². The van der Waals surface area contributed by atoms with E-state index in [-0.39, 0.29) is 31.7 Å². The summed E-state index contributed by atoms with van der Waals surface area (Å²) in [4.78, 5) is 0. The molecule has 0 saturated carbocycles. The highest BCUT2D eigenvalue weighted by Crippen LogP contribution is 2.32. The molecule has 0 amide bonds. The smallest absolute Gasteiger partial charge is 0.383 e. The molecule has 1 saturated heterocycles. The summed E-state index contributed by atoms with van der Waals surface area (Å²) in [5.74, 6) is -0.891. The lowest BCUT2D eigenvalue weighted by atomic mass is 9.92. The van der Waals surface area contributed by atoms with Crippen LogP contribution in [0.25, 0.3) is 0 Å². The van der Waals surface area contributed by atoms with Crippen molar-refractivity contribution in [1.82, 2.24) is 4.31 Å². The van der Waals surface area contributed by atoms with Gasteiger partial charge in [-0.15, -0.1) is 0 Å². The molecule has 0 aliphatic carbocycles. The molecule has 1 aliphatic rings. The van der Waals surface area contributed by atoms with E-state index in [2.05, 4.69) is 0 Å². The minimum atomic E-state index is -4.63. The highest BCUT2D eigenvalue weighted by Gasteiger charge is 2.44. The average molecular weight is 289 g/mol. The monoisotopic (exact) mass is 289 g/mol. The van der Waals surface area contributed by atoms with Crippen LogP contribution in [-0.4, -0.2) is 49.0 Å². The van der Waals surface area contributed by atoms with Gasteiger partial charge < -0.3 is 5.11 Å². The van der Waals surface area contributed by atoms with Crippen molar-refractivity contribution in [3.05, 3.63) is 0 Å².